The Balaban J connectivity index is 1.34. The number of aromatic amines is 1. The highest BCUT2D eigenvalue weighted by Gasteiger charge is 2.13. The monoisotopic (exact) mass is 492 g/mol. The summed E-state index contributed by atoms with van der Waals surface area (Å²) in [6, 6.07) is 9.70. The van der Waals surface area contributed by atoms with E-state index in [-0.39, 0.29) is 5.91 Å². The number of nitrogens with one attached hydrogen (secondary N) is 2. The van der Waals surface area contributed by atoms with E-state index in [0.717, 1.165) is 46.2 Å². The van der Waals surface area contributed by atoms with Gasteiger partial charge in [-0.25, -0.2) is 0 Å². The van der Waals surface area contributed by atoms with Crippen molar-refractivity contribution < 1.29 is 14.3 Å². The molecule has 0 aromatic carbocycles. The molecule has 0 fully saturated rings. The number of ether oxygens (including phenoxy) is 2. The molecule has 0 radical (unpaired) electrons. The minimum atomic E-state index is -0.190. The second-order valence-electron chi connectivity index (χ2n) is 7.93. The molecule has 0 bridgehead atoms. The van der Waals surface area contributed by atoms with Gasteiger partial charge in [0.15, 0.2) is 5.69 Å². The largest absolute Gasteiger partial charge is 0.495 e. The molecule has 0 aliphatic carbocycles. The van der Waals surface area contributed by atoms with Crippen LogP contribution in [0.4, 0.5) is 0 Å². The Kier molecular flexibility index (Phi) is 8.42. The fourth-order valence-corrected chi connectivity index (χ4v) is 4.34. The minimum Gasteiger partial charge on any atom is -0.495 e. The van der Waals surface area contributed by atoms with E-state index in [1.54, 1.807) is 44.0 Å². The lowest BCUT2D eigenvalue weighted by Crippen LogP contribution is -2.30. The number of H-pyrrole nitrogens is 1. The van der Waals surface area contributed by atoms with E-state index < -0.39 is 0 Å². The Labute approximate surface area is 208 Å². The number of carbonyl (C=O) groups excluding carboxylic acids is 1. The molecule has 0 aliphatic rings. The number of hydrogen-bond acceptors (Lipinski definition) is 8. The summed E-state index contributed by atoms with van der Waals surface area (Å²) >= 11 is 1.60. The van der Waals surface area contributed by atoms with E-state index in [4.69, 9.17) is 9.47 Å². The fraction of sp³-hybridized carbons (Fsp3) is 0.280. The van der Waals surface area contributed by atoms with Gasteiger partial charge in [0.1, 0.15) is 11.5 Å². The summed E-state index contributed by atoms with van der Waals surface area (Å²) in [5.74, 6) is 1.25. The van der Waals surface area contributed by atoms with Crippen LogP contribution in [0.25, 0.3) is 10.6 Å². The summed E-state index contributed by atoms with van der Waals surface area (Å²) < 4.78 is 10.6. The van der Waals surface area contributed by atoms with Gasteiger partial charge < -0.3 is 14.8 Å². The van der Waals surface area contributed by atoms with Crippen LogP contribution in [-0.2, 0) is 13.1 Å². The zero-order valence-electron chi connectivity index (χ0n) is 19.7. The summed E-state index contributed by atoms with van der Waals surface area (Å²) in [7, 11) is 3.26. The Morgan fingerprint density at radius 1 is 1.03 bits per heavy atom. The van der Waals surface area contributed by atoms with Crippen LogP contribution in [0, 0.1) is 0 Å². The molecule has 1 amide bonds. The quantitative estimate of drug-likeness (QED) is 0.290. The van der Waals surface area contributed by atoms with E-state index in [0.29, 0.717) is 25.3 Å². The number of methoxy groups -OCH3 is 2. The van der Waals surface area contributed by atoms with E-state index >= 15 is 0 Å². The van der Waals surface area contributed by atoms with Gasteiger partial charge in [0, 0.05) is 38.6 Å². The highest BCUT2D eigenvalue weighted by Crippen LogP contribution is 2.23. The molecule has 2 N–H and O–H groups in total. The molecule has 0 saturated heterocycles. The van der Waals surface area contributed by atoms with Gasteiger partial charge in [-0.15, -0.1) is 11.3 Å². The molecule has 4 heterocycles. The Morgan fingerprint density at radius 2 is 1.71 bits per heavy atom. The highest BCUT2D eigenvalue weighted by molar-refractivity contribution is 7.13. The van der Waals surface area contributed by atoms with Crippen LogP contribution in [0.3, 0.4) is 0 Å². The lowest BCUT2D eigenvalue weighted by molar-refractivity contribution is 0.0946. The van der Waals surface area contributed by atoms with Crippen molar-refractivity contribution in [2.75, 3.05) is 27.3 Å². The molecule has 4 rings (SSSR count). The second-order valence-corrected chi connectivity index (χ2v) is 8.88. The van der Waals surface area contributed by atoms with Crippen molar-refractivity contribution in [2.24, 2.45) is 0 Å². The van der Waals surface area contributed by atoms with Gasteiger partial charge in [-0.3, -0.25) is 24.8 Å². The highest BCUT2D eigenvalue weighted by atomic mass is 32.1. The summed E-state index contributed by atoms with van der Waals surface area (Å²) in [4.78, 5) is 24.4. The summed E-state index contributed by atoms with van der Waals surface area (Å²) in [6.07, 6.45) is 7.82. The van der Waals surface area contributed by atoms with Gasteiger partial charge in [0.25, 0.3) is 5.91 Å². The van der Waals surface area contributed by atoms with Crippen molar-refractivity contribution >= 4 is 17.2 Å². The molecule has 0 unspecified atom stereocenters. The third-order valence-electron chi connectivity index (χ3n) is 5.36. The third kappa shape index (κ3) is 6.87. The molecule has 0 aliphatic heterocycles. The molecule has 4 aromatic heterocycles. The number of pyridine rings is 2. The Hall–Kier alpha value is -3.76. The van der Waals surface area contributed by atoms with Crippen molar-refractivity contribution in [1.82, 2.24) is 30.4 Å². The number of rotatable bonds is 12. The number of aromatic nitrogens is 4. The molecule has 0 spiro atoms. The first kappa shape index (κ1) is 24.4. The number of thiophene rings is 1. The minimum absolute atomic E-state index is 0.190. The first-order valence-electron chi connectivity index (χ1n) is 11.2. The van der Waals surface area contributed by atoms with Crippen LogP contribution in [-0.4, -0.2) is 58.3 Å². The third-order valence-corrected chi connectivity index (χ3v) is 6.26. The topological polar surface area (TPSA) is 105 Å². The number of amides is 1. The van der Waals surface area contributed by atoms with E-state index in [2.05, 4.69) is 30.4 Å². The zero-order chi connectivity index (χ0) is 24.5. The number of carbonyl (C=O) groups is 1. The Bertz CT molecular complexity index is 1180. The zero-order valence-corrected chi connectivity index (χ0v) is 20.5. The maximum Gasteiger partial charge on any atom is 0.271 e. The van der Waals surface area contributed by atoms with Crippen molar-refractivity contribution in [3.8, 4) is 22.1 Å². The van der Waals surface area contributed by atoms with Gasteiger partial charge in [0.2, 0.25) is 0 Å². The van der Waals surface area contributed by atoms with Gasteiger partial charge in [-0.2, -0.15) is 5.10 Å². The second kappa shape index (κ2) is 12.1. The van der Waals surface area contributed by atoms with Crippen molar-refractivity contribution in [2.45, 2.75) is 19.5 Å². The summed E-state index contributed by atoms with van der Waals surface area (Å²) in [5, 5.41) is 12.0. The first-order chi connectivity index (χ1) is 17.1. The standard InChI is InChI=1S/C25H28N6O3S/c1-33-20-9-18(12-26-14-20)16-31(17-19-10-21(34-2)15-27-13-19)7-4-6-28-25(32)23-11-22(29-30-23)24-5-3-8-35-24/h3,5,8-15H,4,6-7,16-17H2,1-2H3,(H,28,32)(H,29,30). The van der Waals surface area contributed by atoms with Crippen LogP contribution in [0.5, 0.6) is 11.5 Å². The average Bonchev–Trinajstić information content (AvgIpc) is 3.59. The first-order valence-corrected chi connectivity index (χ1v) is 12.1. The smallest absolute Gasteiger partial charge is 0.271 e. The van der Waals surface area contributed by atoms with Gasteiger partial charge >= 0.3 is 0 Å². The van der Waals surface area contributed by atoms with Crippen LogP contribution in [0.15, 0.2) is 60.5 Å². The van der Waals surface area contributed by atoms with Gasteiger partial charge in [-0.05, 0) is 47.2 Å². The molecular formula is C25H28N6O3S. The number of hydrogen-bond donors (Lipinski definition) is 2. The SMILES string of the molecule is COc1cncc(CN(CCCNC(=O)c2cc(-c3cccs3)[nH]n2)Cc2cncc(OC)c2)c1. The lowest BCUT2D eigenvalue weighted by atomic mass is 10.2. The van der Waals surface area contributed by atoms with Crippen molar-refractivity contribution in [3.63, 3.8) is 0 Å². The van der Waals surface area contributed by atoms with Crippen LogP contribution in [0.2, 0.25) is 0 Å². The Morgan fingerprint density at radius 3 is 2.31 bits per heavy atom. The molecule has 182 valence electrons. The van der Waals surface area contributed by atoms with Crippen LogP contribution >= 0.6 is 11.3 Å². The van der Waals surface area contributed by atoms with Gasteiger partial charge in [0.05, 0.1) is 37.2 Å². The molecule has 9 nitrogen and oxygen atoms in total. The predicted octanol–water partition coefficient (Wildman–Crippen LogP) is 3.77. The normalized spacial score (nSPS) is 10.9. The van der Waals surface area contributed by atoms with Crippen molar-refractivity contribution in [3.05, 3.63) is 77.3 Å². The van der Waals surface area contributed by atoms with Gasteiger partial charge in [-0.1, -0.05) is 6.07 Å². The molecular weight excluding hydrogens is 464 g/mol. The van der Waals surface area contributed by atoms with E-state index in [1.165, 1.54) is 0 Å². The maximum absolute atomic E-state index is 12.5. The average molecular weight is 493 g/mol. The van der Waals surface area contributed by atoms with Crippen LogP contribution in [0.1, 0.15) is 28.0 Å². The maximum atomic E-state index is 12.5. The van der Waals surface area contributed by atoms with Crippen LogP contribution < -0.4 is 14.8 Å². The van der Waals surface area contributed by atoms with E-state index in [1.807, 2.05) is 42.0 Å². The molecule has 4 aromatic rings. The molecule has 10 heteroatoms. The fourth-order valence-electron chi connectivity index (χ4n) is 3.65. The predicted molar refractivity (Wildman–Crippen MR) is 135 cm³/mol. The van der Waals surface area contributed by atoms with E-state index in [9.17, 15) is 4.79 Å². The molecule has 0 saturated carbocycles. The summed E-state index contributed by atoms with van der Waals surface area (Å²) in [6.45, 7) is 2.65. The number of nitrogens with zero attached hydrogens (tertiary/aromatic N) is 4. The summed E-state index contributed by atoms with van der Waals surface area (Å²) in [5.41, 5.74) is 3.31. The molecule has 35 heavy (non-hydrogen) atoms. The van der Waals surface area contributed by atoms with Crippen molar-refractivity contribution in [1.29, 1.82) is 0 Å². The lowest BCUT2D eigenvalue weighted by Gasteiger charge is -2.23. The molecule has 0 atom stereocenters.